The second-order valence-electron chi connectivity index (χ2n) is 6.24. The molecule has 0 aromatic carbocycles. The van der Waals surface area contributed by atoms with Gasteiger partial charge in [0.2, 0.25) is 0 Å². The van der Waals surface area contributed by atoms with Gasteiger partial charge in [0.15, 0.2) is 0 Å². The zero-order chi connectivity index (χ0) is 15.2. The van der Waals surface area contributed by atoms with Crippen LogP contribution >= 0.6 is 0 Å². The van der Waals surface area contributed by atoms with Crippen LogP contribution in [-0.4, -0.2) is 47.2 Å². The second-order valence-corrected chi connectivity index (χ2v) is 6.24. The maximum Gasteiger partial charge on any atom is 0.323 e. The molecule has 1 saturated carbocycles. The van der Waals surface area contributed by atoms with Gasteiger partial charge in [0.1, 0.15) is 5.54 Å². The minimum Gasteiger partial charge on any atom is -0.480 e. The molecular formula is C16H32N2O2. The Bertz CT molecular complexity index is 309. The monoisotopic (exact) mass is 284 g/mol. The summed E-state index contributed by atoms with van der Waals surface area (Å²) in [5.41, 5.74) is -0.721. The fourth-order valence-electron chi connectivity index (χ4n) is 3.40. The number of carbonyl (C=O) groups is 1. The van der Waals surface area contributed by atoms with Crippen LogP contribution in [0.4, 0.5) is 0 Å². The summed E-state index contributed by atoms with van der Waals surface area (Å²) in [4.78, 5) is 14.2. The van der Waals surface area contributed by atoms with Crippen LogP contribution in [0, 0.1) is 0 Å². The zero-order valence-corrected chi connectivity index (χ0v) is 13.6. The minimum atomic E-state index is -0.721. The predicted molar refractivity (Wildman–Crippen MR) is 83.0 cm³/mol. The third kappa shape index (κ3) is 3.95. The minimum absolute atomic E-state index is 0.397. The van der Waals surface area contributed by atoms with Crippen molar-refractivity contribution in [1.29, 1.82) is 0 Å². The van der Waals surface area contributed by atoms with Crippen LogP contribution in [0.5, 0.6) is 0 Å². The van der Waals surface area contributed by atoms with Crippen molar-refractivity contribution < 1.29 is 9.90 Å². The van der Waals surface area contributed by atoms with Crippen LogP contribution in [0.15, 0.2) is 0 Å². The Labute approximate surface area is 123 Å². The topological polar surface area (TPSA) is 52.6 Å². The molecule has 0 aliphatic heterocycles. The fourth-order valence-corrected chi connectivity index (χ4v) is 3.40. The van der Waals surface area contributed by atoms with Gasteiger partial charge >= 0.3 is 5.97 Å². The maximum absolute atomic E-state index is 11.6. The zero-order valence-electron chi connectivity index (χ0n) is 13.6. The quantitative estimate of drug-likeness (QED) is 0.719. The van der Waals surface area contributed by atoms with E-state index < -0.39 is 11.5 Å². The Morgan fingerprint density at radius 3 is 2.70 bits per heavy atom. The summed E-state index contributed by atoms with van der Waals surface area (Å²) >= 11 is 0. The molecule has 4 heteroatoms. The van der Waals surface area contributed by atoms with E-state index in [0.29, 0.717) is 12.1 Å². The van der Waals surface area contributed by atoms with Crippen molar-refractivity contribution in [2.75, 3.05) is 13.6 Å². The van der Waals surface area contributed by atoms with Crippen molar-refractivity contribution in [3.8, 4) is 0 Å². The molecule has 3 atom stereocenters. The number of rotatable bonds is 8. The summed E-state index contributed by atoms with van der Waals surface area (Å²) in [6.45, 7) is 7.79. The first kappa shape index (κ1) is 17.4. The molecule has 0 heterocycles. The first-order valence-corrected chi connectivity index (χ1v) is 8.18. The number of carboxylic acid groups (broad SMARTS) is 1. The van der Waals surface area contributed by atoms with Gasteiger partial charge in [-0.05, 0) is 59.0 Å². The normalized spacial score (nSPS) is 28.6. The highest BCUT2D eigenvalue weighted by Crippen LogP contribution is 2.32. The summed E-state index contributed by atoms with van der Waals surface area (Å²) in [7, 11) is 1.79. The van der Waals surface area contributed by atoms with E-state index in [-0.39, 0.29) is 0 Å². The number of nitrogens with one attached hydrogen (secondary N) is 1. The van der Waals surface area contributed by atoms with E-state index in [2.05, 4.69) is 31.0 Å². The van der Waals surface area contributed by atoms with Gasteiger partial charge < -0.3 is 10.4 Å². The average Bonchev–Trinajstić information content (AvgIpc) is 2.47. The molecule has 1 aliphatic carbocycles. The molecule has 118 valence electrons. The van der Waals surface area contributed by atoms with E-state index in [1.165, 1.54) is 12.8 Å². The summed E-state index contributed by atoms with van der Waals surface area (Å²) in [6.07, 6.45) is 7.11. The molecular weight excluding hydrogens is 252 g/mol. The lowest BCUT2D eigenvalue weighted by atomic mass is 9.78. The lowest BCUT2D eigenvalue weighted by molar-refractivity contribution is -0.147. The predicted octanol–water partition coefficient (Wildman–Crippen LogP) is 2.87. The summed E-state index contributed by atoms with van der Waals surface area (Å²) < 4.78 is 0. The number of nitrogens with zero attached hydrogens (tertiary/aromatic N) is 1. The van der Waals surface area contributed by atoms with Crippen LogP contribution in [0.3, 0.4) is 0 Å². The Morgan fingerprint density at radius 2 is 2.20 bits per heavy atom. The molecule has 1 fully saturated rings. The largest absolute Gasteiger partial charge is 0.480 e. The molecule has 4 nitrogen and oxygen atoms in total. The molecule has 1 rings (SSSR count). The molecule has 0 saturated heterocycles. The van der Waals surface area contributed by atoms with Gasteiger partial charge in [0.25, 0.3) is 0 Å². The van der Waals surface area contributed by atoms with Gasteiger partial charge in [-0.25, -0.2) is 0 Å². The van der Waals surface area contributed by atoms with Crippen molar-refractivity contribution >= 4 is 5.97 Å². The van der Waals surface area contributed by atoms with Gasteiger partial charge in [-0.1, -0.05) is 20.3 Å². The van der Waals surface area contributed by atoms with Crippen molar-refractivity contribution in [3.05, 3.63) is 0 Å². The molecule has 0 bridgehead atoms. The van der Waals surface area contributed by atoms with Gasteiger partial charge in [-0.15, -0.1) is 0 Å². The Hall–Kier alpha value is -0.610. The second kappa shape index (κ2) is 7.99. The molecule has 3 unspecified atom stereocenters. The molecule has 20 heavy (non-hydrogen) atoms. The summed E-state index contributed by atoms with van der Waals surface area (Å²) in [5.74, 6) is -0.690. The van der Waals surface area contributed by atoms with Crippen molar-refractivity contribution in [2.45, 2.75) is 83.3 Å². The number of unbranched alkanes of at least 4 members (excludes halogenated alkanes) is 1. The summed E-state index contributed by atoms with van der Waals surface area (Å²) in [5, 5.41) is 12.7. The van der Waals surface area contributed by atoms with Crippen molar-refractivity contribution in [1.82, 2.24) is 10.2 Å². The van der Waals surface area contributed by atoms with Crippen molar-refractivity contribution in [2.24, 2.45) is 0 Å². The molecule has 2 N–H and O–H groups in total. The van der Waals surface area contributed by atoms with Crippen LogP contribution in [-0.2, 0) is 4.79 Å². The molecule has 0 aromatic heterocycles. The summed E-state index contributed by atoms with van der Waals surface area (Å²) in [6, 6.07) is 0.932. The van der Waals surface area contributed by atoms with Crippen LogP contribution in [0.2, 0.25) is 0 Å². The number of hydrogen-bond acceptors (Lipinski definition) is 3. The number of aliphatic carboxylic acids is 1. The first-order chi connectivity index (χ1) is 9.50. The molecule has 1 aliphatic rings. The Balaban J connectivity index is 2.82. The van der Waals surface area contributed by atoms with Gasteiger partial charge in [-0.3, -0.25) is 9.69 Å². The standard InChI is InChI=1S/C16H32N2O2/c1-5-7-11-18(13(3)6-2)14-9-8-10-16(12-14,17-4)15(19)20/h13-14,17H,5-12H2,1-4H3,(H,19,20). The molecule has 0 aromatic rings. The molecule has 0 spiro atoms. The van der Waals surface area contributed by atoms with E-state index in [1.807, 2.05) is 0 Å². The van der Waals surface area contributed by atoms with E-state index in [4.69, 9.17) is 0 Å². The van der Waals surface area contributed by atoms with E-state index >= 15 is 0 Å². The van der Waals surface area contributed by atoms with Crippen LogP contribution < -0.4 is 5.32 Å². The lowest BCUT2D eigenvalue weighted by Crippen LogP contribution is -2.58. The Morgan fingerprint density at radius 1 is 1.50 bits per heavy atom. The fraction of sp³-hybridized carbons (Fsp3) is 0.938. The third-order valence-corrected chi connectivity index (χ3v) is 5.01. The highest BCUT2D eigenvalue weighted by Gasteiger charge is 2.43. The van der Waals surface area contributed by atoms with Crippen molar-refractivity contribution in [3.63, 3.8) is 0 Å². The average molecular weight is 284 g/mol. The third-order valence-electron chi connectivity index (χ3n) is 5.01. The highest BCUT2D eigenvalue weighted by molar-refractivity contribution is 5.79. The van der Waals surface area contributed by atoms with E-state index in [1.54, 1.807) is 7.05 Å². The number of likely N-dealkylation sites (N-methyl/N-ethyl adjacent to an activating group) is 1. The van der Waals surface area contributed by atoms with Gasteiger partial charge in [-0.2, -0.15) is 0 Å². The van der Waals surface area contributed by atoms with Crippen LogP contribution in [0.25, 0.3) is 0 Å². The number of hydrogen-bond donors (Lipinski definition) is 2. The van der Waals surface area contributed by atoms with E-state index in [9.17, 15) is 9.90 Å². The van der Waals surface area contributed by atoms with Gasteiger partial charge in [0.05, 0.1) is 0 Å². The highest BCUT2D eigenvalue weighted by atomic mass is 16.4. The Kier molecular flexibility index (Phi) is 6.96. The SMILES string of the molecule is CCCCN(C(C)CC)C1CCCC(NC)(C(=O)O)C1. The molecule has 0 amide bonds. The van der Waals surface area contributed by atoms with Crippen LogP contribution in [0.1, 0.15) is 65.7 Å². The first-order valence-electron chi connectivity index (χ1n) is 8.18. The molecule has 0 radical (unpaired) electrons. The van der Waals surface area contributed by atoms with E-state index in [0.717, 1.165) is 38.6 Å². The maximum atomic E-state index is 11.6. The number of carboxylic acids is 1. The lowest BCUT2D eigenvalue weighted by Gasteiger charge is -2.44. The van der Waals surface area contributed by atoms with Gasteiger partial charge in [0, 0.05) is 12.1 Å². The smallest absolute Gasteiger partial charge is 0.323 e.